The van der Waals surface area contributed by atoms with E-state index >= 15 is 0 Å². The smallest absolute Gasteiger partial charge is 0.338 e. The molecule has 3 nitrogen and oxygen atoms in total. The van der Waals surface area contributed by atoms with Crippen molar-refractivity contribution >= 4 is 5.97 Å². The predicted molar refractivity (Wildman–Crippen MR) is 62.2 cm³/mol. The second-order valence-corrected chi connectivity index (χ2v) is 3.38. The molecule has 0 aliphatic heterocycles. The largest absolute Gasteiger partial charge is 0.462 e. The molecule has 3 heteroatoms. The molecule has 0 aliphatic carbocycles. The highest BCUT2D eigenvalue weighted by Crippen LogP contribution is 2.17. The molecule has 0 saturated heterocycles. The Morgan fingerprint density at radius 2 is 2.00 bits per heavy atom. The number of hydrogen-bond donors (Lipinski definition) is 1. The fourth-order valence-corrected chi connectivity index (χ4v) is 1.51. The van der Waals surface area contributed by atoms with Crippen LogP contribution in [-0.2, 0) is 4.74 Å². The third kappa shape index (κ3) is 2.14. The second kappa shape index (κ2) is 4.66. The molecule has 1 heterocycles. The van der Waals surface area contributed by atoms with Gasteiger partial charge in [0, 0.05) is 11.9 Å². The lowest BCUT2D eigenvalue weighted by molar-refractivity contribution is 0.0526. The van der Waals surface area contributed by atoms with Gasteiger partial charge >= 0.3 is 5.97 Å². The molecule has 0 radical (unpaired) electrons. The van der Waals surface area contributed by atoms with E-state index in [9.17, 15) is 4.79 Å². The molecule has 2 rings (SSSR count). The Kier molecular flexibility index (Phi) is 3.05. The first-order chi connectivity index (χ1) is 7.81. The summed E-state index contributed by atoms with van der Waals surface area (Å²) in [7, 11) is 0. The van der Waals surface area contributed by atoms with Crippen LogP contribution < -0.4 is 0 Å². The lowest BCUT2D eigenvalue weighted by atomic mass is 10.1. The number of aromatic nitrogens is 1. The molecular formula is C13H13NO2. The van der Waals surface area contributed by atoms with Gasteiger partial charge in [-0.05, 0) is 36.8 Å². The van der Waals surface area contributed by atoms with Crippen molar-refractivity contribution < 1.29 is 9.53 Å². The SMILES string of the molecule is CCOC(=O)c1ccc(-c2ccc[nH]2)cc1. The standard InChI is InChI=1S/C13H13NO2/c1-2-16-13(15)11-7-5-10(6-8-11)12-4-3-9-14-12/h3-9,14H,2H2,1H3. The molecule has 16 heavy (non-hydrogen) atoms. The topological polar surface area (TPSA) is 42.1 Å². The summed E-state index contributed by atoms with van der Waals surface area (Å²) >= 11 is 0. The van der Waals surface area contributed by atoms with Crippen LogP contribution in [0.1, 0.15) is 17.3 Å². The van der Waals surface area contributed by atoms with Gasteiger partial charge in [-0.1, -0.05) is 12.1 Å². The van der Waals surface area contributed by atoms with Crippen molar-refractivity contribution in [1.29, 1.82) is 0 Å². The molecule has 0 atom stereocenters. The maximum Gasteiger partial charge on any atom is 0.338 e. The fourth-order valence-electron chi connectivity index (χ4n) is 1.51. The monoisotopic (exact) mass is 215 g/mol. The number of carbonyl (C=O) groups excluding carboxylic acids is 1. The van der Waals surface area contributed by atoms with Crippen LogP contribution in [0.5, 0.6) is 0 Å². The van der Waals surface area contributed by atoms with Crippen molar-refractivity contribution in [2.45, 2.75) is 6.92 Å². The van der Waals surface area contributed by atoms with E-state index in [1.54, 1.807) is 19.1 Å². The van der Waals surface area contributed by atoms with Crippen LogP contribution in [0.3, 0.4) is 0 Å². The molecule has 2 aromatic rings. The average Bonchev–Trinajstić information content (AvgIpc) is 2.83. The van der Waals surface area contributed by atoms with E-state index < -0.39 is 0 Å². The molecule has 1 N–H and O–H groups in total. The average molecular weight is 215 g/mol. The minimum absolute atomic E-state index is 0.277. The Hall–Kier alpha value is -2.03. The molecule has 82 valence electrons. The maximum absolute atomic E-state index is 11.4. The van der Waals surface area contributed by atoms with Gasteiger partial charge in [0.1, 0.15) is 0 Å². The number of hydrogen-bond acceptors (Lipinski definition) is 2. The first-order valence-corrected chi connectivity index (χ1v) is 5.22. The summed E-state index contributed by atoms with van der Waals surface area (Å²) in [5, 5.41) is 0. The van der Waals surface area contributed by atoms with Gasteiger partial charge in [-0.2, -0.15) is 0 Å². The van der Waals surface area contributed by atoms with E-state index in [1.165, 1.54) is 0 Å². The molecule has 1 aromatic heterocycles. The van der Waals surface area contributed by atoms with Gasteiger partial charge in [0.15, 0.2) is 0 Å². The van der Waals surface area contributed by atoms with E-state index in [0.29, 0.717) is 12.2 Å². The van der Waals surface area contributed by atoms with Gasteiger partial charge in [0.05, 0.1) is 12.2 Å². The van der Waals surface area contributed by atoms with Crippen molar-refractivity contribution in [1.82, 2.24) is 4.98 Å². The first kappa shape index (κ1) is 10.5. The first-order valence-electron chi connectivity index (χ1n) is 5.22. The minimum atomic E-state index is -0.277. The summed E-state index contributed by atoms with van der Waals surface area (Å²) in [4.78, 5) is 14.5. The highest BCUT2D eigenvalue weighted by atomic mass is 16.5. The number of benzene rings is 1. The molecule has 0 unspecified atom stereocenters. The number of aromatic amines is 1. The van der Waals surface area contributed by atoms with Crippen molar-refractivity contribution in [2.24, 2.45) is 0 Å². The summed E-state index contributed by atoms with van der Waals surface area (Å²) < 4.78 is 4.91. The fraction of sp³-hybridized carbons (Fsp3) is 0.154. The summed E-state index contributed by atoms with van der Waals surface area (Å²) in [6.07, 6.45) is 1.87. The molecule has 0 bridgehead atoms. The van der Waals surface area contributed by atoms with Crippen molar-refractivity contribution in [2.75, 3.05) is 6.61 Å². The molecule has 0 amide bonds. The summed E-state index contributed by atoms with van der Waals surface area (Å²) in [6, 6.07) is 11.3. The maximum atomic E-state index is 11.4. The minimum Gasteiger partial charge on any atom is -0.462 e. The zero-order valence-electron chi connectivity index (χ0n) is 9.07. The highest BCUT2D eigenvalue weighted by molar-refractivity contribution is 5.89. The zero-order valence-corrected chi connectivity index (χ0v) is 9.07. The van der Waals surface area contributed by atoms with Crippen LogP contribution in [0.15, 0.2) is 42.6 Å². The van der Waals surface area contributed by atoms with Crippen LogP contribution in [0, 0.1) is 0 Å². The van der Waals surface area contributed by atoms with Crippen LogP contribution >= 0.6 is 0 Å². The Morgan fingerprint density at radius 3 is 2.56 bits per heavy atom. The number of nitrogens with one attached hydrogen (secondary N) is 1. The summed E-state index contributed by atoms with van der Waals surface area (Å²) in [5.74, 6) is -0.277. The Balaban J connectivity index is 2.20. The summed E-state index contributed by atoms with van der Waals surface area (Å²) in [5.41, 5.74) is 2.67. The lowest BCUT2D eigenvalue weighted by Crippen LogP contribution is -2.03. The van der Waals surface area contributed by atoms with Crippen molar-refractivity contribution in [3.05, 3.63) is 48.2 Å². The number of H-pyrrole nitrogens is 1. The number of esters is 1. The van der Waals surface area contributed by atoms with E-state index in [1.807, 2.05) is 30.5 Å². The van der Waals surface area contributed by atoms with E-state index in [4.69, 9.17) is 4.74 Å². The quantitative estimate of drug-likeness (QED) is 0.800. The van der Waals surface area contributed by atoms with E-state index in [-0.39, 0.29) is 5.97 Å². The normalized spacial score (nSPS) is 10.1. The van der Waals surface area contributed by atoms with Gasteiger partial charge in [0.2, 0.25) is 0 Å². The summed E-state index contributed by atoms with van der Waals surface area (Å²) in [6.45, 7) is 2.20. The molecule has 0 saturated carbocycles. The van der Waals surface area contributed by atoms with Gasteiger partial charge in [0.25, 0.3) is 0 Å². The third-order valence-corrected chi connectivity index (χ3v) is 2.30. The molecule has 0 fully saturated rings. The number of carbonyl (C=O) groups is 1. The third-order valence-electron chi connectivity index (χ3n) is 2.30. The Labute approximate surface area is 94.1 Å². The lowest BCUT2D eigenvalue weighted by Gasteiger charge is -2.02. The van der Waals surface area contributed by atoms with Gasteiger partial charge in [-0.15, -0.1) is 0 Å². The van der Waals surface area contributed by atoms with Crippen LogP contribution in [-0.4, -0.2) is 17.6 Å². The van der Waals surface area contributed by atoms with Crippen LogP contribution in [0.4, 0.5) is 0 Å². The van der Waals surface area contributed by atoms with Gasteiger partial charge in [-0.25, -0.2) is 4.79 Å². The zero-order chi connectivity index (χ0) is 11.4. The molecule has 0 aliphatic rings. The van der Waals surface area contributed by atoms with Gasteiger partial charge < -0.3 is 9.72 Å². The number of rotatable bonds is 3. The van der Waals surface area contributed by atoms with E-state index in [2.05, 4.69) is 4.98 Å². The Morgan fingerprint density at radius 1 is 1.25 bits per heavy atom. The van der Waals surface area contributed by atoms with Crippen LogP contribution in [0.2, 0.25) is 0 Å². The van der Waals surface area contributed by atoms with Crippen LogP contribution in [0.25, 0.3) is 11.3 Å². The second-order valence-electron chi connectivity index (χ2n) is 3.38. The van der Waals surface area contributed by atoms with Crippen molar-refractivity contribution in [3.63, 3.8) is 0 Å². The predicted octanol–water partition coefficient (Wildman–Crippen LogP) is 2.86. The Bertz CT molecular complexity index is 457. The van der Waals surface area contributed by atoms with Gasteiger partial charge in [-0.3, -0.25) is 0 Å². The van der Waals surface area contributed by atoms with E-state index in [0.717, 1.165) is 11.3 Å². The number of ether oxygens (including phenoxy) is 1. The van der Waals surface area contributed by atoms with Crippen molar-refractivity contribution in [3.8, 4) is 11.3 Å². The molecular weight excluding hydrogens is 202 g/mol. The molecule has 0 spiro atoms. The molecule has 1 aromatic carbocycles. The highest BCUT2D eigenvalue weighted by Gasteiger charge is 2.06.